The summed E-state index contributed by atoms with van der Waals surface area (Å²) in [5.41, 5.74) is 5.84. The lowest BCUT2D eigenvalue weighted by Gasteiger charge is -2.09. The van der Waals surface area contributed by atoms with Crippen LogP contribution in [0.4, 0.5) is 11.5 Å². The Morgan fingerprint density at radius 3 is 2.63 bits per heavy atom. The van der Waals surface area contributed by atoms with Crippen LogP contribution in [0, 0.1) is 0 Å². The first-order chi connectivity index (χ1) is 8.88. The molecule has 1 aromatic carbocycles. The van der Waals surface area contributed by atoms with Crippen molar-refractivity contribution in [1.29, 1.82) is 0 Å². The first-order valence-electron chi connectivity index (χ1n) is 5.09. The van der Waals surface area contributed by atoms with Crippen LogP contribution >= 0.6 is 27.5 Å². The molecule has 0 aliphatic rings. The average Bonchev–Trinajstić information content (AvgIpc) is 2.27. The second kappa shape index (κ2) is 5.36. The molecule has 19 heavy (non-hydrogen) atoms. The van der Waals surface area contributed by atoms with Gasteiger partial charge in [-0.15, -0.1) is 0 Å². The van der Waals surface area contributed by atoms with Gasteiger partial charge in [0.05, 0.1) is 5.69 Å². The number of pyridine rings is 1. The highest BCUT2D eigenvalue weighted by molar-refractivity contribution is 9.10. The zero-order chi connectivity index (χ0) is 14.0. The summed E-state index contributed by atoms with van der Waals surface area (Å²) in [6, 6.07) is 9.16. The number of sulfonamides is 1. The lowest BCUT2D eigenvalue weighted by Crippen LogP contribution is -2.15. The molecule has 8 heteroatoms. The Labute approximate surface area is 124 Å². The number of nitrogens with one attached hydrogen (secondary N) is 1. The van der Waals surface area contributed by atoms with Gasteiger partial charge in [-0.25, -0.2) is 13.4 Å². The van der Waals surface area contributed by atoms with Gasteiger partial charge in [0.1, 0.15) is 15.9 Å². The summed E-state index contributed by atoms with van der Waals surface area (Å²) in [6.07, 6.45) is 0. The number of anilines is 2. The number of aromatic nitrogens is 1. The van der Waals surface area contributed by atoms with Gasteiger partial charge in [-0.2, -0.15) is 0 Å². The van der Waals surface area contributed by atoms with Crippen molar-refractivity contribution < 1.29 is 8.42 Å². The summed E-state index contributed by atoms with van der Waals surface area (Å²) in [6.45, 7) is 0. The van der Waals surface area contributed by atoms with Crippen molar-refractivity contribution in [3.63, 3.8) is 0 Å². The van der Waals surface area contributed by atoms with Crippen molar-refractivity contribution in [3.8, 4) is 0 Å². The number of nitrogens with zero attached hydrogens (tertiary/aromatic N) is 1. The summed E-state index contributed by atoms with van der Waals surface area (Å²) in [4.78, 5) is 3.84. The topological polar surface area (TPSA) is 85.1 Å². The maximum Gasteiger partial charge on any atom is 0.265 e. The van der Waals surface area contributed by atoms with E-state index in [1.807, 2.05) is 0 Å². The fraction of sp³-hybridized carbons (Fsp3) is 0. The van der Waals surface area contributed by atoms with Crippen molar-refractivity contribution >= 4 is 49.1 Å². The number of hydrogen-bond acceptors (Lipinski definition) is 4. The second-order valence-electron chi connectivity index (χ2n) is 3.63. The lowest BCUT2D eigenvalue weighted by atomic mass is 10.3. The highest BCUT2D eigenvalue weighted by Gasteiger charge is 2.18. The monoisotopic (exact) mass is 361 g/mol. The fourth-order valence-electron chi connectivity index (χ4n) is 1.42. The van der Waals surface area contributed by atoms with E-state index in [4.69, 9.17) is 17.3 Å². The average molecular weight is 363 g/mol. The predicted octanol–water partition coefficient (Wildman–Crippen LogP) is 2.88. The van der Waals surface area contributed by atoms with Crippen LogP contribution in [0.2, 0.25) is 5.15 Å². The third-order valence-corrected chi connectivity index (χ3v) is 4.35. The van der Waals surface area contributed by atoms with Gasteiger partial charge >= 0.3 is 0 Å². The van der Waals surface area contributed by atoms with Gasteiger partial charge in [-0.3, -0.25) is 4.72 Å². The molecule has 0 aliphatic heterocycles. The summed E-state index contributed by atoms with van der Waals surface area (Å²) >= 11 is 8.91. The molecule has 0 saturated heterocycles. The van der Waals surface area contributed by atoms with Crippen LogP contribution in [0.25, 0.3) is 0 Å². The highest BCUT2D eigenvalue weighted by Crippen LogP contribution is 2.24. The van der Waals surface area contributed by atoms with E-state index >= 15 is 0 Å². The smallest absolute Gasteiger partial charge is 0.265 e. The van der Waals surface area contributed by atoms with Crippen molar-refractivity contribution in [3.05, 3.63) is 46.0 Å². The van der Waals surface area contributed by atoms with Gasteiger partial charge in [0.2, 0.25) is 0 Å². The van der Waals surface area contributed by atoms with Crippen LogP contribution in [0.1, 0.15) is 0 Å². The second-order valence-corrected chi connectivity index (χ2v) is 6.59. The zero-order valence-corrected chi connectivity index (χ0v) is 12.6. The SMILES string of the molecule is Nc1cc(Br)ccc1S(=O)(=O)Nc1cccc(Cl)n1. The molecule has 0 aliphatic carbocycles. The van der Waals surface area contributed by atoms with E-state index in [9.17, 15) is 8.42 Å². The van der Waals surface area contributed by atoms with Crippen LogP contribution < -0.4 is 10.5 Å². The summed E-state index contributed by atoms with van der Waals surface area (Å²) < 4.78 is 27.3. The molecule has 5 nitrogen and oxygen atoms in total. The molecule has 0 radical (unpaired) electrons. The standard InChI is InChI=1S/C11H9BrClN3O2S/c12-7-4-5-9(8(14)6-7)19(17,18)16-11-3-1-2-10(13)15-11/h1-6H,14H2,(H,15,16). The molecule has 0 atom stereocenters. The van der Waals surface area contributed by atoms with Gasteiger partial charge < -0.3 is 5.73 Å². The minimum atomic E-state index is -3.79. The summed E-state index contributed by atoms with van der Waals surface area (Å²) in [5, 5.41) is 0.198. The molecule has 0 fully saturated rings. The number of halogens is 2. The molecule has 2 aromatic rings. The Morgan fingerprint density at radius 2 is 2.00 bits per heavy atom. The largest absolute Gasteiger partial charge is 0.398 e. The predicted molar refractivity (Wildman–Crippen MR) is 78.6 cm³/mol. The minimum Gasteiger partial charge on any atom is -0.398 e. The molecule has 0 bridgehead atoms. The molecule has 1 heterocycles. The Hall–Kier alpha value is -1.31. The van der Waals surface area contributed by atoms with E-state index < -0.39 is 10.0 Å². The van der Waals surface area contributed by atoms with E-state index in [0.29, 0.717) is 4.47 Å². The Kier molecular flexibility index (Phi) is 3.98. The quantitative estimate of drug-likeness (QED) is 0.649. The molecule has 3 N–H and O–H groups in total. The Balaban J connectivity index is 2.38. The fourth-order valence-corrected chi connectivity index (χ4v) is 3.08. The number of benzene rings is 1. The molecule has 0 spiro atoms. The van der Waals surface area contributed by atoms with Crippen molar-refractivity contribution in [1.82, 2.24) is 4.98 Å². The van der Waals surface area contributed by atoms with Crippen LogP contribution in [-0.4, -0.2) is 13.4 Å². The van der Waals surface area contributed by atoms with Crippen LogP contribution in [0.15, 0.2) is 45.8 Å². The van der Waals surface area contributed by atoms with Crippen molar-refractivity contribution in [2.45, 2.75) is 4.90 Å². The normalized spacial score (nSPS) is 11.3. The number of nitrogens with two attached hydrogens (primary N) is 1. The molecular formula is C11H9BrClN3O2S. The van der Waals surface area contributed by atoms with Gasteiger partial charge in [0.25, 0.3) is 10.0 Å². The summed E-state index contributed by atoms with van der Waals surface area (Å²) in [5.74, 6) is 0.134. The molecular weight excluding hydrogens is 354 g/mol. The third-order valence-electron chi connectivity index (χ3n) is 2.22. The van der Waals surface area contributed by atoms with Gasteiger partial charge in [0.15, 0.2) is 0 Å². The van der Waals surface area contributed by atoms with Crippen molar-refractivity contribution in [2.75, 3.05) is 10.5 Å². The number of nitrogen functional groups attached to an aromatic ring is 1. The molecule has 2 rings (SSSR count). The first kappa shape index (κ1) is 14.1. The molecule has 0 amide bonds. The maximum absolute atomic E-state index is 12.2. The van der Waals surface area contributed by atoms with Gasteiger partial charge in [0, 0.05) is 4.47 Å². The van der Waals surface area contributed by atoms with Crippen LogP contribution in [0.3, 0.4) is 0 Å². The van der Waals surface area contributed by atoms with E-state index in [0.717, 1.165) is 0 Å². The summed E-state index contributed by atoms with van der Waals surface area (Å²) in [7, 11) is -3.79. The Morgan fingerprint density at radius 1 is 1.26 bits per heavy atom. The van der Waals surface area contributed by atoms with Crippen LogP contribution in [0.5, 0.6) is 0 Å². The van der Waals surface area contributed by atoms with E-state index in [-0.39, 0.29) is 21.6 Å². The van der Waals surface area contributed by atoms with E-state index in [2.05, 4.69) is 25.6 Å². The van der Waals surface area contributed by atoms with E-state index in [1.54, 1.807) is 18.2 Å². The first-order valence-corrected chi connectivity index (χ1v) is 7.74. The van der Waals surface area contributed by atoms with Crippen LogP contribution in [-0.2, 0) is 10.0 Å². The molecule has 100 valence electrons. The molecule has 0 saturated carbocycles. The van der Waals surface area contributed by atoms with E-state index in [1.165, 1.54) is 18.2 Å². The minimum absolute atomic E-state index is 0.0162. The van der Waals surface area contributed by atoms with Gasteiger partial charge in [-0.05, 0) is 30.3 Å². The maximum atomic E-state index is 12.2. The molecule has 1 aromatic heterocycles. The van der Waals surface area contributed by atoms with Crippen molar-refractivity contribution in [2.24, 2.45) is 0 Å². The Bertz CT molecular complexity index is 722. The third kappa shape index (κ3) is 3.37. The highest BCUT2D eigenvalue weighted by atomic mass is 79.9. The number of hydrogen-bond donors (Lipinski definition) is 2. The zero-order valence-electron chi connectivity index (χ0n) is 9.47. The molecule has 0 unspecified atom stereocenters. The number of rotatable bonds is 3. The lowest BCUT2D eigenvalue weighted by molar-refractivity contribution is 0.601. The van der Waals surface area contributed by atoms with Gasteiger partial charge in [-0.1, -0.05) is 33.6 Å².